The van der Waals surface area contributed by atoms with E-state index < -0.39 is 5.97 Å². The van der Waals surface area contributed by atoms with Crippen molar-refractivity contribution < 1.29 is 19.7 Å². The molecule has 0 bridgehead atoms. The Morgan fingerprint density at radius 1 is 1.29 bits per heavy atom. The second-order valence-electron chi connectivity index (χ2n) is 4.71. The summed E-state index contributed by atoms with van der Waals surface area (Å²) >= 11 is 0. The fraction of sp³-hybridized carbons (Fsp3) is 0.588. The summed E-state index contributed by atoms with van der Waals surface area (Å²) < 4.78 is 5.62. The van der Waals surface area contributed by atoms with Crippen molar-refractivity contribution >= 4 is 5.97 Å². The number of rotatable bonds is 8. The van der Waals surface area contributed by atoms with Gasteiger partial charge in [-0.25, -0.2) is 4.79 Å². The SMILES string of the molecule is CC.CCCCC(CC)COc1ccc(C(=O)O)c(O)c1. The second kappa shape index (κ2) is 11.0. The van der Waals surface area contributed by atoms with Gasteiger partial charge in [0.1, 0.15) is 17.1 Å². The average Bonchev–Trinajstić information content (AvgIpc) is 2.49. The molecule has 4 heteroatoms. The van der Waals surface area contributed by atoms with E-state index in [9.17, 15) is 9.90 Å². The Balaban J connectivity index is 0.00000191. The Hall–Kier alpha value is -1.71. The third kappa shape index (κ3) is 7.02. The molecule has 0 spiro atoms. The van der Waals surface area contributed by atoms with E-state index in [2.05, 4.69) is 13.8 Å². The molecular weight excluding hydrogens is 268 g/mol. The van der Waals surface area contributed by atoms with Gasteiger partial charge in [-0.1, -0.05) is 47.0 Å². The molecule has 4 nitrogen and oxygen atoms in total. The minimum Gasteiger partial charge on any atom is -0.507 e. The molecule has 0 aromatic heterocycles. The van der Waals surface area contributed by atoms with Gasteiger partial charge in [-0.15, -0.1) is 0 Å². The van der Waals surface area contributed by atoms with Gasteiger partial charge >= 0.3 is 5.97 Å². The van der Waals surface area contributed by atoms with Crippen LogP contribution in [0.3, 0.4) is 0 Å². The van der Waals surface area contributed by atoms with E-state index in [4.69, 9.17) is 9.84 Å². The molecule has 0 saturated heterocycles. The second-order valence-corrected chi connectivity index (χ2v) is 4.71. The van der Waals surface area contributed by atoms with Crippen molar-refractivity contribution in [3.05, 3.63) is 23.8 Å². The summed E-state index contributed by atoms with van der Waals surface area (Å²) in [5, 5.41) is 18.4. The van der Waals surface area contributed by atoms with E-state index >= 15 is 0 Å². The fourth-order valence-electron chi connectivity index (χ4n) is 1.89. The van der Waals surface area contributed by atoms with E-state index in [0.717, 1.165) is 12.8 Å². The molecular formula is C17H28O4. The summed E-state index contributed by atoms with van der Waals surface area (Å²) in [7, 11) is 0. The Labute approximate surface area is 127 Å². The van der Waals surface area contributed by atoms with Crippen molar-refractivity contribution in [3.63, 3.8) is 0 Å². The van der Waals surface area contributed by atoms with Crippen molar-refractivity contribution in [3.8, 4) is 11.5 Å². The fourth-order valence-corrected chi connectivity index (χ4v) is 1.89. The smallest absolute Gasteiger partial charge is 0.339 e. The predicted octanol–water partition coefficient (Wildman–Crippen LogP) is 4.71. The largest absolute Gasteiger partial charge is 0.507 e. The summed E-state index contributed by atoms with van der Waals surface area (Å²) in [5.74, 6) is -0.385. The highest BCUT2D eigenvalue weighted by Gasteiger charge is 2.11. The van der Waals surface area contributed by atoms with Crippen LogP contribution in [0.1, 0.15) is 63.7 Å². The van der Waals surface area contributed by atoms with Crippen molar-refractivity contribution in [2.45, 2.75) is 53.4 Å². The molecule has 0 saturated carbocycles. The first-order valence-corrected chi connectivity index (χ1v) is 7.77. The monoisotopic (exact) mass is 296 g/mol. The molecule has 1 aromatic carbocycles. The number of aromatic hydroxyl groups is 1. The number of carboxylic acid groups (broad SMARTS) is 1. The van der Waals surface area contributed by atoms with Crippen LogP contribution in [-0.4, -0.2) is 22.8 Å². The lowest BCUT2D eigenvalue weighted by atomic mass is 10.0. The lowest BCUT2D eigenvalue weighted by Gasteiger charge is -2.15. The van der Waals surface area contributed by atoms with Crippen LogP contribution < -0.4 is 4.74 Å². The molecule has 0 amide bonds. The molecule has 0 fully saturated rings. The maximum atomic E-state index is 10.8. The number of ether oxygens (including phenoxy) is 1. The van der Waals surface area contributed by atoms with Crippen LogP contribution in [0.2, 0.25) is 0 Å². The van der Waals surface area contributed by atoms with Gasteiger partial charge in [0.05, 0.1) is 6.61 Å². The molecule has 2 N–H and O–H groups in total. The van der Waals surface area contributed by atoms with E-state index in [1.165, 1.54) is 25.0 Å². The van der Waals surface area contributed by atoms with Gasteiger partial charge in [0.2, 0.25) is 0 Å². The summed E-state index contributed by atoms with van der Waals surface area (Å²) in [6, 6.07) is 4.30. The third-order valence-corrected chi connectivity index (χ3v) is 3.23. The van der Waals surface area contributed by atoms with Gasteiger partial charge in [0, 0.05) is 6.07 Å². The maximum Gasteiger partial charge on any atom is 0.339 e. The van der Waals surface area contributed by atoms with Gasteiger partial charge in [0.25, 0.3) is 0 Å². The van der Waals surface area contributed by atoms with E-state index in [1.54, 1.807) is 6.07 Å². The molecule has 1 unspecified atom stereocenters. The van der Waals surface area contributed by atoms with E-state index in [0.29, 0.717) is 18.3 Å². The minimum absolute atomic E-state index is 0.106. The Morgan fingerprint density at radius 2 is 1.95 bits per heavy atom. The maximum absolute atomic E-state index is 10.8. The van der Waals surface area contributed by atoms with Crippen molar-refractivity contribution in [2.75, 3.05) is 6.61 Å². The standard InChI is InChI=1S/C15H22O4.C2H6/c1-3-5-6-11(4-2)10-19-12-7-8-13(15(17)18)14(16)9-12;1-2/h7-9,11,16H,3-6,10H2,1-2H3,(H,17,18);1-2H3. The highest BCUT2D eigenvalue weighted by Crippen LogP contribution is 2.24. The van der Waals surface area contributed by atoms with Gasteiger partial charge in [-0.2, -0.15) is 0 Å². The Morgan fingerprint density at radius 3 is 2.43 bits per heavy atom. The van der Waals surface area contributed by atoms with Crippen molar-refractivity contribution in [1.29, 1.82) is 0 Å². The minimum atomic E-state index is -1.14. The normalized spacial score (nSPS) is 11.2. The zero-order chi connectivity index (χ0) is 16.3. The average molecular weight is 296 g/mol. The Bertz CT molecular complexity index is 415. The van der Waals surface area contributed by atoms with Gasteiger partial charge in [-0.3, -0.25) is 0 Å². The van der Waals surface area contributed by atoms with E-state index in [1.807, 2.05) is 13.8 Å². The number of carboxylic acids is 1. The molecule has 0 heterocycles. The summed E-state index contributed by atoms with van der Waals surface area (Å²) in [6.45, 7) is 8.90. The number of aromatic carboxylic acids is 1. The molecule has 21 heavy (non-hydrogen) atoms. The number of unbranched alkanes of at least 4 members (excludes halogenated alkanes) is 1. The molecule has 0 radical (unpaired) electrons. The van der Waals surface area contributed by atoms with Crippen molar-refractivity contribution in [1.82, 2.24) is 0 Å². The predicted molar refractivity (Wildman–Crippen MR) is 85.2 cm³/mol. The summed E-state index contributed by atoms with van der Waals surface area (Å²) in [6.07, 6.45) is 4.54. The molecule has 0 aliphatic rings. The zero-order valence-electron chi connectivity index (χ0n) is 13.6. The van der Waals surface area contributed by atoms with Gasteiger partial charge in [0.15, 0.2) is 0 Å². The van der Waals surface area contributed by atoms with E-state index in [-0.39, 0.29) is 11.3 Å². The van der Waals surface area contributed by atoms with Crippen LogP contribution in [0.4, 0.5) is 0 Å². The lowest BCUT2D eigenvalue weighted by Crippen LogP contribution is -2.11. The van der Waals surface area contributed by atoms with Gasteiger partial charge < -0.3 is 14.9 Å². The molecule has 1 aromatic rings. The highest BCUT2D eigenvalue weighted by molar-refractivity contribution is 5.90. The first kappa shape index (κ1) is 19.3. The van der Waals surface area contributed by atoms with Crippen LogP contribution in [0.15, 0.2) is 18.2 Å². The zero-order valence-corrected chi connectivity index (χ0v) is 13.6. The number of benzene rings is 1. The van der Waals surface area contributed by atoms with Crippen LogP contribution in [0, 0.1) is 5.92 Å². The first-order valence-electron chi connectivity index (χ1n) is 7.77. The Kier molecular flexibility index (Phi) is 10.1. The molecule has 120 valence electrons. The van der Waals surface area contributed by atoms with Crippen LogP contribution in [0.5, 0.6) is 11.5 Å². The molecule has 1 rings (SSSR count). The number of hydrogen-bond acceptors (Lipinski definition) is 3. The van der Waals surface area contributed by atoms with Gasteiger partial charge in [-0.05, 0) is 24.5 Å². The number of phenols is 1. The highest BCUT2D eigenvalue weighted by atomic mass is 16.5. The topological polar surface area (TPSA) is 66.8 Å². The lowest BCUT2D eigenvalue weighted by molar-refractivity contribution is 0.0693. The number of carbonyl (C=O) groups is 1. The first-order chi connectivity index (χ1) is 10.1. The van der Waals surface area contributed by atoms with Crippen molar-refractivity contribution in [2.24, 2.45) is 5.92 Å². The summed E-state index contributed by atoms with van der Waals surface area (Å²) in [5.41, 5.74) is -0.106. The van der Waals surface area contributed by atoms with Crippen LogP contribution in [0.25, 0.3) is 0 Å². The molecule has 0 aliphatic carbocycles. The van der Waals surface area contributed by atoms with Crippen LogP contribution >= 0.6 is 0 Å². The number of hydrogen-bond donors (Lipinski definition) is 2. The quantitative estimate of drug-likeness (QED) is 0.729. The summed E-state index contributed by atoms with van der Waals surface area (Å²) in [4.78, 5) is 10.8. The third-order valence-electron chi connectivity index (χ3n) is 3.23. The molecule has 1 atom stereocenters. The van der Waals surface area contributed by atoms with Crippen LogP contribution in [-0.2, 0) is 0 Å². The molecule has 0 aliphatic heterocycles.